The van der Waals surface area contributed by atoms with Crippen molar-refractivity contribution in [1.29, 1.82) is 0 Å². The van der Waals surface area contributed by atoms with E-state index in [4.69, 9.17) is 4.74 Å². The fourth-order valence-corrected chi connectivity index (χ4v) is 2.44. The number of carbonyl (C=O) groups is 1. The van der Waals surface area contributed by atoms with Crippen molar-refractivity contribution in [1.82, 2.24) is 5.32 Å². The number of carboxylic acid groups (broad SMARTS) is 1. The number of hydrogen-bond acceptors (Lipinski definition) is 3. The van der Waals surface area contributed by atoms with Gasteiger partial charge in [-0.1, -0.05) is 0 Å². The van der Waals surface area contributed by atoms with E-state index in [-0.39, 0.29) is 5.60 Å². The van der Waals surface area contributed by atoms with Crippen LogP contribution in [0.2, 0.25) is 0 Å². The van der Waals surface area contributed by atoms with Crippen molar-refractivity contribution in [2.45, 2.75) is 50.7 Å². The molecule has 4 nitrogen and oxygen atoms in total. The Kier molecular flexibility index (Phi) is 2.97. The van der Waals surface area contributed by atoms with Crippen molar-refractivity contribution in [3.63, 3.8) is 0 Å². The van der Waals surface area contributed by atoms with Gasteiger partial charge in [-0.3, -0.25) is 4.79 Å². The van der Waals surface area contributed by atoms with Gasteiger partial charge in [0, 0.05) is 13.0 Å². The van der Waals surface area contributed by atoms with Gasteiger partial charge in [0.1, 0.15) is 5.54 Å². The maximum atomic E-state index is 11.5. The molecule has 1 heterocycles. The third-order valence-electron chi connectivity index (χ3n) is 3.58. The highest BCUT2D eigenvalue weighted by Crippen LogP contribution is 2.34. The molecule has 1 saturated carbocycles. The van der Waals surface area contributed by atoms with Crippen molar-refractivity contribution in [3.8, 4) is 0 Å². The summed E-state index contributed by atoms with van der Waals surface area (Å²) in [5.74, 6) is -0.0355. The molecule has 0 amide bonds. The maximum Gasteiger partial charge on any atom is 0.324 e. The molecule has 0 radical (unpaired) electrons. The monoisotopic (exact) mass is 227 g/mol. The molecule has 1 atom stereocenters. The second-order valence-electron chi connectivity index (χ2n) is 5.75. The first-order valence-corrected chi connectivity index (χ1v) is 6.06. The average molecular weight is 227 g/mol. The molecule has 2 aliphatic rings. The summed E-state index contributed by atoms with van der Waals surface area (Å²) in [6.07, 6.45) is 3.59. The third kappa shape index (κ3) is 2.55. The highest BCUT2D eigenvalue weighted by Gasteiger charge is 2.46. The highest BCUT2D eigenvalue weighted by molar-refractivity contribution is 5.79. The third-order valence-corrected chi connectivity index (χ3v) is 3.58. The zero-order valence-corrected chi connectivity index (χ0v) is 10.1. The lowest BCUT2D eigenvalue weighted by Crippen LogP contribution is -2.60. The second-order valence-corrected chi connectivity index (χ2v) is 5.75. The van der Waals surface area contributed by atoms with Crippen molar-refractivity contribution in [2.24, 2.45) is 5.92 Å². The molecule has 0 aromatic heterocycles. The van der Waals surface area contributed by atoms with E-state index in [1.54, 1.807) is 0 Å². The van der Waals surface area contributed by atoms with Gasteiger partial charge in [0.2, 0.25) is 0 Å². The zero-order valence-electron chi connectivity index (χ0n) is 10.1. The lowest BCUT2D eigenvalue weighted by Gasteiger charge is -2.42. The quantitative estimate of drug-likeness (QED) is 0.762. The van der Waals surface area contributed by atoms with Crippen LogP contribution in [0.5, 0.6) is 0 Å². The topological polar surface area (TPSA) is 58.6 Å². The van der Waals surface area contributed by atoms with Gasteiger partial charge in [0.25, 0.3) is 0 Å². The molecule has 2 rings (SSSR count). The summed E-state index contributed by atoms with van der Waals surface area (Å²) in [5.41, 5.74) is -1.11. The van der Waals surface area contributed by atoms with E-state index in [0.717, 1.165) is 6.54 Å². The van der Waals surface area contributed by atoms with E-state index in [9.17, 15) is 9.90 Å². The van der Waals surface area contributed by atoms with Crippen LogP contribution in [0.25, 0.3) is 0 Å². The lowest BCUT2D eigenvalue weighted by molar-refractivity contribution is -0.158. The molecule has 0 aromatic rings. The molecule has 1 unspecified atom stereocenters. The largest absolute Gasteiger partial charge is 0.480 e. The second kappa shape index (κ2) is 4.00. The molecule has 2 fully saturated rings. The lowest BCUT2D eigenvalue weighted by atomic mass is 9.81. The van der Waals surface area contributed by atoms with E-state index in [0.29, 0.717) is 25.4 Å². The molecule has 92 valence electrons. The molecule has 1 aliphatic heterocycles. The van der Waals surface area contributed by atoms with Crippen LogP contribution in [-0.4, -0.2) is 35.4 Å². The molecular weight excluding hydrogens is 206 g/mol. The van der Waals surface area contributed by atoms with E-state index in [1.807, 2.05) is 13.8 Å². The van der Waals surface area contributed by atoms with Crippen molar-refractivity contribution < 1.29 is 14.6 Å². The fourth-order valence-electron chi connectivity index (χ4n) is 2.44. The minimum atomic E-state index is -0.773. The van der Waals surface area contributed by atoms with Crippen molar-refractivity contribution in [2.75, 3.05) is 13.2 Å². The van der Waals surface area contributed by atoms with Gasteiger partial charge in [0.15, 0.2) is 0 Å². The summed E-state index contributed by atoms with van der Waals surface area (Å²) in [6, 6.07) is 0. The Labute approximate surface area is 96.4 Å². The van der Waals surface area contributed by atoms with E-state index in [2.05, 4.69) is 5.32 Å². The minimum Gasteiger partial charge on any atom is -0.480 e. The fraction of sp³-hybridized carbons (Fsp3) is 0.917. The Morgan fingerprint density at radius 3 is 2.69 bits per heavy atom. The number of ether oxygens (including phenoxy) is 1. The predicted molar refractivity (Wildman–Crippen MR) is 60.4 cm³/mol. The van der Waals surface area contributed by atoms with Crippen LogP contribution in [0.15, 0.2) is 0 Å². The van der Waals surface area contributed by atoms with Crippen LogP contribution in [0.3, 0.4) is 0 Å². The molecule has 1 aliphatic carbocycles. The molecule has 2 N–H and O–H groups in total. The van der Waals surface area contributed by atoms with Gasteiger partial charge in [-0.25, -0.2) is 0 Å². The summed E-state index contributed by atoms with van der Waals surface area (Å²) in [5, 5.41) is 12.7. The molecule has 1 saturated heterocycles. The zero-order chi connectivity index (χ0) is 11.8. The molecule has 4 heteroatoms. The Hall–Kier alpha value is -0.610. The SMILES string of the molecule is CC1(C)CC(NCC2CC2)(C(=O)O)CCO1. The van der Waals surface area contributed by atoms with E-state index >= 15 is 0 Å². The number of carboxylic acids is 1. The molecule has 0 aromatic carbocycles. The van der Waals surface area contributed by atoms with Crippen molar-refractivity contribution >= 4 is 5.97 Å². The van der Waals surface area contributed by atoms with Gasteiger partial charge in [-0.05, 0) is 45.6 Å². The summed E-state index contributed by atoms with van der Waals surface area (Å²) in [7, 11) is 0. The first-order valence-electron chi connectivity index (χ1n) is 6.06. The van der Waals surface area contributed by atoms with Crippen LogP contribution >= 0.6 is 0 Å². The molecule has 16 heavy (non-hydrogen) atoms. The standard InChI is InChI=1S/C12H21NO3/c1-11(2)8-12(10(14)15,5-6-16-11)13-7-9-3-4-9/h9,13H,3-8H2,1-2H3,(H,14,15). The van der Waals surface area contributed by atoms with Gasteiger partial charge in [-0.2, -0.15) is 0 Å². The van der Waals surface area contributed by atoms with Crippen LogP contribution in [0.1, 0.15) is 39.5 Å². The normalized spacial score (nSPS) is 33.6. The highest BCUT2D eigenvalue weighted by atomic mass is 16.5. The molecular formula is C12H21NO3. The average Bonchev–Trinajstić information content (AvgIpc) is 2.96. The van der Waals surface area contributed by atoms with Crippen LogP contribution in [-0.2, 0) is 9.53 Å². The number of hydrogen-bond donors (Lipinski definition) is 2. The maximum absolute atomic E-state index is 11.5. The Morgan fingerprint density at radius 1 is 1.50 bits per heavy atom. The Morgan fingerprint density at radius 2 is 2.19 bits per heavy atom. The van der Waals surface area contributed by atoms with Gasteiger partial charge >= 0.3 is 5.97 Å². The summed E-state index contributed by atoms with van der Waals surface area (Å²) < 4.78 is 5.59. The number of nitrogens with one attached hydrogen (secondary N) is 1. The Bertz CT molecular complexity index is 286. The van der Waals surface area contributed by atoms with Crippen LogP contribution in [0.4, 0.5) is 0 Å². The summed E-state index contributed by atoms with van der Waals surface area (Å²) in [6.45, 7) is 5.28. The van der Waals surface area contributed by atoms with Gasteiger partial charge in [-0.15, -0.1) is 0 Å². The predicted octanol–water partition coefficient (Wildman–Crippen LogP) is 1.40. The molecule has 0 spiro atoms. The minimum absolute atomic E-state index is 0.340. The van der Waals surface area contributed by atoms with Gasteiger partial charge in [0.05, 0.1) is 5.60 Å². The van der Waals surface area contributed by atoms with Crippen molar-refractivity contribution in [3.05, 3.63) is 0 Å². The first-order chi connectivity index (χ1) is 7.44. The smallest absolute Gasteiger partial charge is 0.324 e. The number of aliphatic carboxylic acids is 1. The van der Waals surface area contributed by atoms with Gasteiger partial charge < -0.3 is 15.2 Å². The van der Waals surface area contributed by atoms with E-state index < -0.39 is 11.5 Å². The van der Waals surface area contributed by atoms with E-state index in [1.165, 1.54) is 12.8 Å². The van der Waals surface area contributed by atoms with Crippen LogP contribution < -0.4 is 5.32 Å². The summed E-state index contributed by atoms with van der Waals surface area (Å²) in [4.78, 5) is 11.5. The summed E-state index contributed by atoms with van der Waals surface area (Å²) >= 11 is 0. The first kappa shape index (κ1) is 11.9. The van der Waals surface area contributed by atoms with Crippen LogP contribution in [0, 0.1) is 5.92 Å². The Balaban J connectivity index is 2.03. The molecule has 0 bridgehead atoms. The number of rotatable bonds is 4.